The number of likely N-dealkylation sites (tertiary alicyclic amines) is 1. The van der Waals surface area contributed by atoms with Crippen LogP contribution in [0.1, 0.15) is 13.3 Å². The molecule has 0 aromatic rings. The average molecular weight is 229 g/mol. The first-order valence-electron chi connectivity index (χ1n) is 5.65. The first-order valence-corrected chi connectivity index (χ1v) is 6.06. The topological polar surface area (TPSA) is 32.5 Å². The van der Waals surface area contributed by atoms with E-state index < -0.39 is 0 Å². The van der Waals surface area contributed by atoms with E-state index in [1.165, 1.54) is 19.5 Å². The lowest BCUT2D eigenvalue weighted by molar-refractivity contribution is 0.262. The highest BCUT2D eigenvalue weighted by molar-refractivity contribution is 7.80. The van der Waals surface area contributed by atoms with Crippen molar-refractivity contribution in [1.82, 2.24) is 9.80 Å². The predicted octanol–water partition coefficient (Wildman–Crippen LogP) is 0.792. The monoisotopic (exact) mass is 229 g/mol. The van der Waals surface area contributed by atoms with Crippen LogP contribution in [0.4, 0.5) is 0 Å². The van der Waals surface area contributed by atoms with Gasteiger partial charge in [-0.25, -0.2) is 0 Å². The highest BCUT2D eigenvalue weighted by Gasteiger charge is 2.21. The number of hydrogen-bond acceptors (Lipinski definition) is 3. The van der Waals surface area contributed by atoms with Crippen molar-refractivity contribution >= 4 is 17.2 Å². The molecular formula is C11H23N3S. The van der Waals surface area contributed by atoms with Crippen molar-refractivity contribution in [1.29, 1.82) is 0 Å². The van der Waals surface area contributed by atoms with Gasteiger partial charge in [-0.2, -0.15) is 0 Å². The van der Waals surface area contributed by atoms with Crippen LogP contribution in [0.2, 0.25) is 0 Å². The van der Waals surface area contributed by atoms with Crippen molar-refractivity contribution in [3.05, 3.63) is 0 Å². The van der Waals surface area contributed by atoms with E-state index in [4.69, 9.17) is 18.0 Å². The third-order valence-electron chi connectivity index (χ3n) is 3.13. The van der Waals surface area contributed by atoms with Crippen LogP contribution in [-0.2, 0) is 0 Å². The van der Waals surface area contributed by atoms with Crippen LogP contribution in [0.15, 0.2) is 0 Å². The fraction of sp³-hybridized carbons (Fsp3) is 0.909. The van der Waals surface area contributed by atoms with E-state index in [1.807, 2.05) is 0 Å². The molecule has 2 N–H and O–H groups in total. The van der Waals surface area contributed by atoms with E-state index in [0.717, 1.165) is 19.0 Å². The first-order chi connectivity index (χ1) is 6.99. The zero-order valence-corrected chi connectivity index (χ0v) is 10.9. The summed E-state index contributed by atoms with van der Waals surface area (Å²) in [6.45, 7) is 6.71. The van der Waals surface area contributed by atoms with Crippen LogP contribution >= 0.6 is 12.2 Å². The fourth-order valence-electron chi connectivity index (χ4n) is 2.25. The average Bonchev–Trinajstić information content (AvgIpc) is 2.50. The van der Waals surface area contributed by atoms with Crippen molar-refractivity contribution in [3.8, 4) is 0 Å². The van der Waals surface area contributed by atoms with Crippen LogP contribution in [0.3, 0.4) is 0 Å². The Labute approximate surface area is 98.6 Å². The maximum Gasteiger partial charge on any atom is 0.0768 e. The summed E-state index contributed by atoms with van der Waals surface area (Å²) in [5, 5.41) is 0. The molecule has 3 nitrogen and oxygen atoms in total. The Kier molecular flexibility index (Phi) is 4.96. The second-order valence-electron chi connectivity index (χ2n) is 4.94. The standard InChI is InChI=1S/C11H23N3S/c1-9(11(12)15)6-14(3)8-10-4-5-13(2)7-10/h9-10H,4-8H2,1-3H3,(H2,12,15). The molecule has 0 saturated carbocycles. The maximum atomic E-state index is 5.61. The lowest BCUT2D eigenvalue weighted by atomic mass is 10.1. The van der Waals surface area contributed by atoms with Crippen LogP contribution in [0.5, 0.6) is 0 Å². The highest BCUT2D eigenvalue weighted by Crippen LogP contribution is 2.15. The molecule has 2 atom stereocenters. The maximum absolute atomic E-state index is 5.61. The van der Waals surface area contributed by atoms with E-state index in [-0.39, 0.29) is 0 Å². The van der Waals surface area contributed by atoms with Gasteiger partial charge in [-0.3, -0.25) is 0 Å². The Morgan fingerprint density at radius 2 is 2.33 bits per heavy atom. The SMILES string of the molecule is CC(CN(C)CC1CCN(C)C1)C(N)=S. The minimum atomic E-state index is 0.323. The molecule has 1 heterocycles. The number of hydrogen-bond donors (Lipinski definition) is 1. The summed E-state index contributed by atoms with van der Waals surface area (Å²) in [7, 11) is 4.35. The molecule has 1 aliphatic rings. The summed E-state index contributed by atoms with van der Waals surface area (Å²) in [6.07, 6.45) is 1.32. The molecule has 2 unspecified atom stereocenters. The van der Waals surface area contributed by atoms with E-state index in [2.05, 4.69) is 30.8 Å². The summed E-state index contributed by atoms with van der Waals surface area (Å²) < 4.78 is 0. The van der Waals surface area contributed by atoms with Gasteiger partial charge in [0, 0.05) is 25.6 Å². The molecule has 0 spiro atoms. The molecule has 15 heavy (non-hydrogen) atoms. The lowest BCUT2D eigenvalue weighted by Crippen LogP contribution is -2.35. The quantitative estimate of drug-likeness (QED) is 0.707. The summed E-state index contributed by atoms with van der Waals surface area (Å²) in [4.78, 5) is 5.38. The molecular weight excluding hydrogens is 206 g/mol. The normalized spacial score (nSPS) is 24.7. The van der Waals surface area contributed by atoms with E-state index in [9.17, 15) is 0 Å². The van der Waals surface area contributed by atoms with Crippen LogP contribution < -0.4 is 5.73 Å². The van der Waals surface area contributed by atoms with Gasteiger partial charge in [-0.1, -0.05) is 19.1 Å². The van der Waals surface area contributed by atoms with Gasteiger partial charge in [-0.05, 0) is 33.0 Å². The molecule has 1 fully saturated rings. The Balaban J connectivity index is 2.23. The molecule has 0 amide bonds. The number of rotatable bonds is 5. The molecule has 4 heteroatoms. The second-order valence-corrected chi connectivity index (χ2v) is 5.41. The fourth-order valence-corrected chi connectivity index (χ4v) is 2.32. The molecule has 0 radical (unpaired) electrons. The molecule has 1 aliphatic heterocycles. The Morgan fingerprint density at radius 1 is 1.67 bits per heavy atom. The minimum Gasteiger partial charge on any atom is -0.393 e. The third kappa shape index (κ3) is 4.45. The zero-order chi connectivity index (χ0) is 11.4. The van der Waals surface area contributed by atoms with Crippen molar-refractivity contribution in [2.24, 2.45) is 17.6 Å². The lowest BCUT2D eigenvalue weighted by Gasteiger charge is -2.23. The summed E-state index contributed by atoms with van der Waals surface area (Å²) in [6, 6.07) is 0. The molecule has 0 aliphatic carbocycles. The highest BCUT2D eigenvalue weighted by atomic mass is 32.1. The Morgan fingerprint density at radius 3 is 2.80 bits per heavy atom. The van der Waals surface area contributed by atoms with Gasteiger partial charge >= 0.3 is 0 Å². The van der Waals surface area contributed by atoms with Gasteiger partial charge in [0.25, 0.3) is 0 Å². The van der Waals surface area contributed by atoms with Crippen LogP contribution in [0, 0.1) is 11.8 Å². The first kappa shape index (κ1) is 12.9. The van der Waals surface area contributed by atoms with E-state index >= 15 is 0 Å². The van der Waals surface area contributed by atoms with Gasteiger partial charge in [-0.15, -0.1) is 0 Å². The van der Waals surface area contributed by atoms with E-state index in [1.54, 1.807) is 0 Å². The molecule has 0 aromatic heterocycles. The molecule has 88 valence electrons. The van der Waals surface area contributed by atoms with Gasteiger partial charge in [0.15, 0.2) is 0 Å². The van der Waals surface area contributed by atoms with Gasteiger partial charge < -0.3 is 15.5 Å². The van der Waals surface area contributed by atoms with Crippen molar-refractivity contribution in [2.45, 2.75) is 13.3 Å². The molecule has 0 aromatic carbocycles. The number of nitrogens with zero attached hydrogens (tertiary/aromatic N) is 2. The predicted molar refractivity (Wildman–Crippen MR) is 69.1 cm³/mol. The summed E-state index contributed by atoms with van der Waals surface area (Å²) >= 11 is 4.98. The smallest absolute Gasteiger partial charge is 0.0768 e. The largest absolute Gasteiger partial charge is 0.393 e. The van der Waals surface area contributed by atoms with Crippen molar-refractivity contribution in [2.75, 3.05) is 40.3 Å². The second kappa shape index (κ2) is 5.77. The third-order valence-corrected chi connectivity index (χ3v) is 3.53. The summed E-state index contributed by atoms with van der Waals surface area (Å²) in [5.74, 6) is 1.14. The Bertz CT molecular complexity index is 220. The number of nitrogens with two attached hydrogens (primary N) is 1. The van der Waals surface area contributed by atoms with Gasteiger partial charge in [0.05, 0.1) is 4.99 Å². The van der Waals surface area contributed by atoms with E-state index in [0.29, 0.717) is 10.9 Å². The number of thiocarbonyl (C=S) groups is 1. The zero-order valence-electron chi connectivity index (χ0n) is 10.1. The Hall–Kier alpha value is -0.190. The summed E-state index contributed by atoms with van der Waals surface area (Å²) in [5.41, 5.74) is 5.61. The molecule has 1 saturated heterocycles. The van der Waals surface area contributed by atoms with Crippen molar-refractivity contribution in [3.63, 3.8) is 0 Å². The van der Waals surface area contributed by atoms with Gasteiger partial charge in [0.1, 0.15) is 0 Å². The van der Waals surface area contributed by atoms with Crippen molar-refractivity contribution < 1.29 is 0 Å². The van der Waals surface area contributed by atoms with Crippen LogP contribution in [-0.4, -0.2) is 55.1 Å². The molecule has 0 bridgehead atoms. The molecule has 1 rings (SSSR count). The minimum absolute atomic E-state index is 0.323. The van der Waals surface area contributed by atoms with Gasteiger partial charge in [0.2, 0.25) is 0 Å². The van der Waals surface area contributed by atoms with Crippen LogP contribution in [0.25, 0.3) is 0 Å².